The number of rotatable bonds is 2. The molecule has 76 valence electrons. The highest BCUT2D eigenvalue weighted by molar-refractivity contribution is 5.70. The zero-order valence-electron chi connectivity index (χ0n) is 8.25. The summed E-state index contributed by atoms with van der Waals surface area (Å²) in [7, 11) is 1.86. The molecule has 0 heterocycles. The van der Waals surface area contributed by atoms with Gasteiger partial charge >= 0.3 is 5.97 Å². The van der Waals surface area contributed by atoms with Crippen molar-refractivity contribution in [1.82, 2.24) is 5.32 Å². The SMILES string of the molecule is CNC1CCCCCCC1C(=O)O. The van der Waals surface area contributed by atoms with Crippen molar-refractivity contribution in [3.05, 3.63) is 0 Å². The predicted octanol–water partition coefficient (Wildman–Crippen LogP) is 1.63. The Morgan fingerprint density at radius 3 is 2.38 bits per heavy atom. The third-order valence-corrected chi connectivity index (χ3v) is 2.95. The number of nitrogens with one attached hydrogen (secondary N) is 1. The third kappa shape index (κ3) is 2.99. The Kier molecular flexibility index (Phi) is 4.22. The Morgan fingerprint density at radius 1 is 1.23 bits per heavy atom. The van der Waals surface area contributed by atoms with Crippen LogP contribution in [0.4, 0.5) is 0 Å². The Hall–Kier alpha value is -0.570. The van der Waals surface area contributed by atoms with Crippen molar-refractivity contribution in [2.45, 2.75) is 44.6 Å². The summed E-state index contributed by atoms with van der Waals surface area (Å²) >= 11 is 0. The van der Waals surface area contributed by atoms with Crippen molar-refractivity contribution in [1.29, 1.82) is 0 Å². The molecule has 3 nitrogen and oxygen atoms in total. The molecule has 0 radical (unpaired) electrons. The van der Waals surface area contributed by atoms with Gasteiger partial charge in [-0.2, -0.15) is 0 Å². The number of carboxylic acid groups (broad SMARTS) is 1. The van der Waals surface area contributed by atoms with Gasteiger partial charge in [0.2, 0.25) is 0 Å². The van der Waals surface area contributed by atoms with Crippen LogP contribution < -0.4 is 5.32 Å². The van der Waals surface area contributed by atoms with E-state index in [0.29, 0.717) is 0 Å². The molecule has 2 atom stereocenters. The molecular weight excluding hydrogens is 166 g/mol. The molecule has 0 aromatic rings. The Morgan fingerprint density at radius 2 is 1.85 bits per heavy atom. The summed E-state index contributed by atoms with van der Waals surface area (Å²) in [4.78, 5) is 10.9. The van der Waals surface area contributed by atoms with E-state index in [1.807, 2.05) is 7.05 Å². The molecule has 1 saturated carbocycles. The molecule has 1 aliphatic carbocycles. The molecule has 0 amide bonds. The summed E-state index contributed by atoms with van der Waals surface area (Å²) in [6.45, 7) is 0. The summed E-state index contributed by atoms with van der Waals surface area (Å²) in [5.41, 5.74) is 0. The Labute approximate surface area is 79.5 Å². The van der Waals surface area contributed by atoms with E-state index in [2.05, 4.69) is 5.32 Å². The summed E-state index contributed by atoms with van der Waals surface area (Å²) in [5, 5.41) is 12.1. The van der Waals surface area contributed by atoms with Gasteiger partial charge in [0.15, 0.2) is 0 Å². The topological polar surface area (TPSA) is 49.3 Å². The second-order valence-electron chi connectivity index (χ2n) is 3.83. The number of hydrogen-bond acceptors (Lipinski definition) is 2. The van der Waals surface area contributed by atoms with E-state index in [1.54, 1.807) is 0 Å². The van der Waals surface area contributed by atoms with Crippen LogP contribution in [0.1, 0.15) is 38.5 Å². The molecule has 0 aromatic heterocycles. The van der Waals surface area contributed by atoms with Gasteiger partial charge in [-0.3, -0.25) is 4.79 Å². The lowest BCUT2D eigenvalue weighted by Crippen LogP contribution is -2.38. The predicted molar refractivity (Wildman–Crippen MR) is 51.7 cm³/mol. The largest absolute Gasteiger partial charge is 0.481 e. The van der Waals surface area contributed by atoms with Crippen LogP contribution in [0.2, 0.25) is 0 Å². The average Bonchev–Trinajstić information content (AvgIpc) is 2.03. The maximum atomic E-state index is 10.9. The van der Waals surface area contributed by atoms with E-state index in [4.69, 9.17) is 5.11 Å². The fourth-order valence-corrected chi connectivity index (χ4v) is 2.13. The van der Waals surface area contributed by atoms with E-state index in [1.165, 1.54) is 12.8 Å². The van der Waals surface area contributed by atoms with Crippen molar-refractivity contribution in [3.8, 4) is 0 Å². The number of aliphatic carboxylic acids is 1. The molecule has 1 aliphatic rings. The van der Waals surface area contributed by atoms with E-state index in [-0.39, 0.29) is 12.0 Å². The molecule has 0 aromatic carbocycles. The minimum atomic E-state index is -0.638. The first-order chi connectivity index (χ1) is 6.25. The molecule has 2 N–H and O–H groups in total. The Balaban J connectivity index is 2.55. The maximum absolute atomic E-state index is 10.9. The van der Waals surface area contributed by atoms with Crippen LogP contribution in [-0.2, 0) is 4.79 Å². The van der Waals surface area contributed by atoms with Gasteiger partial charge in [0.1, 0.15) is 0 Å². The molecule has 1 fully saturated rings. The van der Waals surface area contributed by atoms with Crippen LogP contribution >= 0.6 is 0 Å². The average molecular weight is 185 g/mol. The molecule has 2 unspecified atom stereocenters. The molecule has 0 saturated heterocycles. The zero-order valence-corrected chi connectivity index (χ0v) is 8.25. The number of hydrogen-bond donors (Lipinski definition) is 2. The van der Waals surface area contributed by atoms with E-state index >= 15 is 0 Å². The second kappa shape index (κ2) is 5.22. The van der Waals surface area contributed by atoms with Gasteiger partial charge in [0.25, 0.3) is 0 Å². The molecule has 0 spiro atoms. The van der Waals surface area contributed by atoms with Gasteiger partial charge < -0.3 is 10.4 Å². The number of carboxylic acids is 1. The minimum Gasteiger partial charge on any atom is -0.481 e. The summed E-state index contributed by atoms with van der Waals surface area (Å²) in [6.07, 6.45) is 6.52. The normalized spacial score (nSPS) is 30.5. The first kappa shape index (κ1) is 10.5. The van der Waals surface area contributed by atoms with Crippen LogP contribution in [0.25, 0.3) is 0 Å². The van der Waals surface area contributed by atoms with Gasteiger partial charge in [0, 0.05) is 6.04 Å². The first-order valence-electron chi connectivity index (χ1n) is 5.15. The van der Waals surface area contributed by atoms with Gasteiger partial charge in [-0.05, 0) is 19.9 Å². The highest BCUT2D eigenvalue weighted by Crippen LogP contribution is 2.22. The van der Waals surface area contributed by atoms with Crippen LogP contribution in [0.5, 0.6) is 0 Å². The smallest absolute Gasteiger partial charge is 0.308 e. The van der Waals surface area contributed by atoms with Crippen molar-refractivity contribution < 1.29 is 9.90 Å². The second-order valence-corrected chi connectivity index (χ2v) is 3.83. The fourth-order valence-electron chi connectivity index (χ4n) is 2.13. The van der Waals surface area contributed by atoms with E-state index < -0.39 is 5.97 Å². The van der Waals surface area contributed by atoms with Gasteiger partial charge in [0.05, 0.1) is 5.92 Å². The highest BCUT2D eigenvalue weighted by Gasteiger charge is 2.27. The van der Waals surface area contributed by atoms with Gasteiger partial charge in [-0.25, -0.2) is 0 Å². The molecule has 0 bridgehead atoms. The first-order valence-corrected chi connectivity index (χ1v) is 5.15. The fraction of sp³-hybridized carbons (Fsp3) is 0.900. The lowest BCUT2D eigenvalue weighted by Gasteiger charge is -2.25. The molecule has 3 heteroatoms. The zero-order chi connectivity index (χ0) is 9.68. The van der Waals surface area contributed by atoms with Crippen LogP contribution in [-0.4, -0.2) is 24.2 Å². The molecule has 1 rings (SSSR count). The van der Waals surface area contributed by atoms with Crippen molar-refractivity contribution >= 4 is 5.97 Å². The third-order valence-electron chi connectivity index (χ3n) is 2.95. The standard InChI is InChI=1S/C10H19NO2/c1-11-9-7-5-3-2-4-6-8(9)10(12)13/h8-9,11H,2-7H2,1H3,(H,12,13). The van der Waals surface area contributed by atoms with Crippen molar-refractivity contribution in [2.24, 2.45) is 5.92 Å². The number of carbonyl (C=O) groups is 1. The van der Waals surface area contributed by atoms with Gasteiger partial charge in [-0.15, -0.1) is 0 Å². The quantitative estimate of drug-likeness (QED) is 0.687. The lowest BCUT2D eigenvalue weighted by atomic mass is 9.87. The molecule has 0 aliphatic heterocycles. The van der Waals surface area contributed by atoms with Crippen LogP contribution in [0.3, 0.4) is 0 Å². The lowest BCUT2D eigenvalue weighted by molar-refractivity contribution is -0.143. The van der Waals surface area contributed by atoms with Gasteiger partial charge in [-0.1, -0.05) is 25.7 Å². The highest BCUT2D eigenvalue weighted by atomic mass is 16.4. The summed E-state index contributed by atoms with van der Waals surface area (Å²) in [6, 6.07) is 0.179. The maximum Gasteiger partial charge on any atom is 0.308 e. The molecular formula is C10H19NO2. The minimum absolute atomic E-state index is 0.176. The van der Waals surface area contributed by atoms with Crippen LogP contribution in [0, 0.1) is 5.92 Å². The molecule has 13 heavy (non-hydrogen) atoms. The monoisotopic (exact) mass is 185 g/mol. The van der Waals surface area contributed by atoms with E-state index in [9.17, 15) is 4.79 Å². The van der Waals surface area contributed by atoms with Crippen molar-refractivity contribution in [3.63, 3.8) is 0 Å². The summed E-state index contributed by atoms with van der Waals surface area (Å²) < 4.78 is 0. The Bertz CT molecular complexity index is 170. The van der Waals surface area contributed by atoms with Crippen molar-refractivity contribution in [2.75, 3.05) is 7.05 Å². The van der Waals surface area contributed by atoms with Crippen LogP contribution in [0.15, 0.2) is 0 Å². The summed E-state index contributed by atoms with van der Waals surface area (Å²) in [5.74, 6) is -0.813. The van der Waals surface area contributed by atoms with E-state index in [0.717, 1.165) is 25.7 Å².